The molecule has 0 radical (unpaired) electrons. The van der Waals surface area contributed by atoms with Gasteiger partial charge in [0.15, 0.2) is 6.10 Å². The van der Waals surface area contributed by atoms with Gasteiger partial charge in [-0.05, 0) is 38.1 Å². The van der Waals surface area contributed by atoms with Crippen LogP contribution in [0.2, 0.25) is 0 Å². The van der Waals surface area contributed by atoms with Crippen molar-refractivity contribution in [2.24, 2.45) is 0 Å². The maximum absolute atomic E-state index is 12.3. The molecule has 0 spiro atoms. The average Bonchev–Trinajstić information content (AvgIpc) is 3.12. The normalized spacial score (nSPS) is 11.8. The van der Waals surface area contributed by atoms with E-state index in [1.54, 1.807) is 31.2 Å². The summed E-state index contributed by atoms with van der Waals surface area (Å²) >= 11 is 0. The molecule has 0 amide bonds. The number of carbonyl (C=O) groups excluding carboxylic acids is 1. The van der Waals surface area contributed by atoms with Crippen molar-refractivity contribution in [2.75, 3.05) is 7.11 Å². The SMILES string of the molecule is COc1ccccc1C(=O)O[C@@H](C)c1nnc(-c2ccc(C)cc2)o1. The summed E-state index contributed by atoms with van der Waals surface area (Å²) in [5, 5.41) is 8.00. The van der Waals surface area contributed by atoms with Crippen LogP contribution in [-0.4, -0.2) is 23.3 Å². The average molecular weight is 338 g/mol. The molecular formula is C19H18N2O4. The van der Waals surface area contributed by atoms with Gasteiger partial charge < -0.3 is 13.9 Å². The Labute approximate surface area is 145 Å². The third-order valence-electron chi connectivity index (χ3n) is 3.70. The van der Waals surface area contributed by atoms with Crippen molar-refractivity contribution in [1.82, 2.24) is 10.2 Å². The van der Waals surface area contributed by atoms with Crippen molar-refractivity contribution in [3.63, 3.8) is 0 Å². The van der Waals surface area contributed by atoms with Crippen LogP contribution < -0.4 is 4.74 Å². The number of rotatable bonds is 5. The van der Waals surface area contributed by atoms with E-state index in [0.29, 0.717) is 17.2 Å². The van der Waals surface area contributed by atoms with Crippen LogP contribution in [0, 0.1) is 6.92 Å². The van der Waals surface area contributed by atoms with E-state index in [4.69, 9.17) is 13.9 Å². The standard InChI is InChI=1S/C19H18N2O4/c1-12-8-10-14(11-9-12)18-21-20-17(25-18)13(2)24-19(22)15-6-4-5-7-16(15)23-3/h4-11,13H,1-3H3/t13-/m0/s1. The monoisotopic (exact) mass is 338 g/mol. The minimum atomic E-state index is -0.677. The molecular weight excluding hydrogens is 320 g/mol. The molecule has 6 nitrogen and oxygen atoms in total. The summed E-state index contributed by atoms with van der Waals surface area (Å²) < 4.78 is 16.2. The number of nitrogens with zero attached hydrogens (tertiary/aromatic N) is 2. The molecule has 0 aliphatic carbocycles. The molecule has 0 aliphatic rings. The molecule has 2 aromatic carbocycles. The summed E-state index contributed by atoms with van der Waals surface area (Å²) in [6.07, 6.45) is -0.677. The van der Waals surface area contributed by atoms with E-state index in [-0.39, 0.29) is 5.89 Å². The summed E-state index contributed by atoms with van der Waals surface area (Å²) in [6.45, 7) is 3.68. The molecule has 128 valence electrons. The summed E-state index contributed by atoms with van der Waals surface area (Å²) in [7, 11) is 1.50. The minimum Gasteiger partial charge on any atom is -0.496 e. The summed E-state index contributed by atoms with van der Waals surface area (Å²) in [6, 6.07) is 14.6. The molecule has 0 saturated carbocycles. The van der Waals surface area contributed by atoms with Crippen LogP contribution in [-0.2, 0) is 4.74 Å². The lowest BCUT2D eigenvalue weighted by Gasteiger charge is -2.11. The number of esters is 1. The predicted molar refractivity (Wildman–Crippen MR) is 91.3 cm³/mol. The molecule has 3 rings (SSSR count). The Morgan fingerprint density at radius 1 is 1.08 bits per heavy atom. The highest BCUT2D eigenvalue weighted by Crippen LogP contribution is 2.25. The molecule has 3 aromatic rings. The van der Waals surface area contributed by atoms with Gasteiger partial charge in [-0.3, -0.25) is 0 Å². The van der Waals surface area contributed by atoms with Crippen molar-refractivity contribution in [2.45, 2.75) is 20.0 Å². The maximum Gasteiger partial charge on any atom is 0.342 e. The lowest BCUT2D eigenvalue weighted by Crippen LogP contribution is -2.10. The van der Waals surface area contributed by atoms with Crippen LogP contribution in [0.4, 0.5) is 0 Å². The summed E-state index contributed by atoms with van der Waals surface area (Å²) in [5.74, 6) is 0.555. The van der Waals surface area contributed by atoms with E-state index in [0.717, 1.165) is 11.1 Å². The Balaban J connectivity index is 1.74. The molecule has 1 aromatic heterocycles. The first-order valence-electron chi connectivity index (χ1n) is 7.83. The van der Waals surface area contributed by atoms with E-state index in [1.807, 2.05) is 31.2 Å². The number of aromatic nitrogens is 2. The highest BCUT2D eigenvalue weighted by molar-refractivity contribution is 5.92. The number of para-hydroxylation sites is 1. The first kappa shape index (κ1) is 16.7. The molecule has 0 bridgehead atoms. The van der Waals surface area contributed by atoms with Gasteiger partial charge in [-0.2, -0.15) is 0 Å². The number of ether oxygens (including phenoxy) is 2. The summed E-state index contributed by atoms with van der Waals surface area (Å²) in [5.41, 5.74) is 2.30. The van der Waals surface area contributed by atoms with E-state index in [9.17, 15) is 4.79 Å². The van der Waals surface area contributed by atoms with Crippen LogP contribution in [0.1, 0.15) is 34.8 Å². The zero-order chi connectivity index (χ0) is 17.8. The maximum atomic E-state index is 12.3. The molecule has 0 unspecified atom stereocenters. The zero-order valence-corrected chi connectivity index (χ0v) is 14.2. The second-order valence-electron chi connectivity index (χ2n) is 5.56. The van der Waals surface area contributed by atoms with E-state index >= 15 is 0 Å². The number of methoxy groups -OCH3 is 1. The molecule has 0 saturated heterocycles. The molecule has 6 heteroatoms. The van der Waals surface area contributed by atoms with Gasteiger partial charge in [0.25, 0.3) is 5.89 Å². The largest absolute Gasteiger partial charge is 0.496 e. The minimum absolute atomic E-state index is 0.235. The van der Waals surface area contributed by atoms with Crippen molar-refractivity contribution in [1.29, 1.82) is 0 Å². The van der Waals surface area contributed by atoms with E-state index < -0.39 is 12.1 Å². The highest BCUT2D eigenvalue weighted by atomic mass is 16.6. The molecule has 0 aliphatic heterocycles. The van der Waals surface area contributed by atoms with Gasteiger partial charge in [-0.15, -0.1) is 10.2 Å². The van der Waals surface area contributed by atoms with Gasteiger partial charge in [-0.25, -0.2) is 4.79 Å². The Morgan fingerprint density at radius 3 is 2.52 bits per heavy atom. The van der Waals surface area contributed by atoms with Gasteiger partial charge in [0, 0.05) is 5.56 Å². The highest BCUT2D eigenvalue weighted by Gasteiger charge is 2.21. The van der Waals surface area contributed by atoms with Crippen LogP contribution >= 0.6 is 0 Å². The Morgan fingerprint density at radius 2 is 1.80 bits per heavy atom. The number of hydrogen-bond acceptors (Lipinski definition) is 6. The topological polar surface area (TPSA) is 74.5 Å². The first-order chi connectivity index (χ1) is 12.1. The lowest BCUT2D eigenvalue weighted by atomic mass is 10.1. The van der Waals surface area contributed by atoms with Crippen molar-refractivity contribution >= 4 is 5.97 Å². The van der Waals surface area contributed by atoms with Gasteiger partial charge in [0.2, 0.25) is 5.89 Å². The second kappa shape index (κ2) is 7.17. The Kier molecular flexibility index (Phi) is 4.79. The Hall–Kier alpha value is -3.15. The van der Waals surface area contributed by atoms with Crippen LogP contribution in [0.15, 0.2) is 52.9 Å². The fourth-order valence-corrected chi connectivity index (χ4v) is 2.30. The quantitative estimate of drug-likeness (QED) is 0.655. The fraction of sp³-hybridized carbons (Fsp3) is 0.211. The first-order valence-corrected chi connectivity index (χ1v) is 7.83. The van der Waals surface area contributed by atoms with Crippen LogP contribution in [0.5, 0.6) is 5.75 Å². The molecule has 0 N–H and O–H groups in total. The second-order valence-corrected chi connectivity index (χ2v) is 5.56. The molecule has 1 atom stereocenters. The molecule has 25 heavy (non-hydrogen) atoms. The van der Waals surface area contributed by atoms with Gasteiger partial charge in [0.05, 0.1) is 7.11 Å². The van der Waals surface area contributed by atoms with Gasteiger partial charge in [-0.1, -0.05) is 29.8 Å². The van der Waals surface area contributed by atoms with E-state index in [2.05, 4.69) is 10.2 Å². The number of aryl methyl sites for hydroxylation is 1. The van der Waals surface area contributed by atoms with E-state index in [1.165, 1.54) is 7.11 Å². The number of carbonyl (C=O) groups is 1. The summed E-state index contributed by atoms with van der Waals surface area (Å²) in [4.78, 5) is 12.3. The van der Waals surface area contributed by atoms with Crippen molar-refractivity contribution in [3.05, 3.63) is 65.5 Å². The van der Waals surface area contributed by atoms with Crippen molar-refractivity contribution in [3.8, 4) is 17.2 Å². The molecule has 1 heterocycles. The number of hydrogen-bond donors (Lipinski definition) is 0. The molecule has 0 fully saturated rings. The zero-order valence-electron chi connectivity index (χ0n) is 14.2. The Bertz CT molecular complexity index is 871. The van der Waals surface area contributed by atoms with Crippen molar-refractivity contribution < 1.29 is 18.7 Å². The fourth-order valence-electron chi connectivity index (χ4n) is 2.30. The predicted octanol–water partition coefficient (Wildman–Crippen LogP) is 3.97. The number of benzene rings is 2. The third kappa shape index (κ3) is 3.68. The lowest BCUT2D eigenvalue weighted by molar-refractivity contribution is 0.0276. The van der Waals surface area contributed by atoms with Crippen LogP contribution in [0.25, 0.3) is 11.5 Å². The van der Waals surface area contributed by atoms with Gasteiger partial charge >= 0.3 is 5.97 Å². The smallest absolute Gasteiger partial charge is 0.342 e. The van der Waals surface area contributed by atoms with Crippen LogP contribution in [0.3, 0.4) is 0 Å². The van der Waals surface area contributed by atoms with Gasteiger partial charge in [0.1, 0.15) is 11.3 Å². The third-order valence-corrected chi connectivity index (χ3v) is 3.70.